The van der Waals surface area contributed by atoms with Crippen molar-refractivity contribution in [2.75, 3.05) is 0 Å². The Hall–Kier alpha value is -1.69. The molecule has 2 aromatic rings. The lowest BCUT2D eigenvalue weighted by Crippen LogP contribution is -2.39. The molecule has 6 heteroatoms. The first-order valence-corrected chi connectivity index (χ1v) is 8.11. The molecule has 1 fully saturated rings. The molecule has 1 aromatic heterocycles. The molecule has 1 aromatic carbocycles. The second kappa shape index (κ2) is 4.41. The molecule has 1 atom stereocenters. The zero-order valence-electron chi connectivity index (χ0n) is 11.0. The summed E-state index contributed by atoms with van der Waals surface area (Å²) in [4.78, 5) is 17.0. The van der Waals surface area contributed by atoms with Gasteiger partial charge in [-0.1, -0.05) is 31.4 Å². The molecular weight excluding hydrogens is 274 g/mol. The number of para-hydroxylation sites is 2. The van der Waals surface area contributed by atoms with Crippen LogP contribution >= 0.6 is 0 Å². The van der Waals surface area contributed by atoms with Crippen LogP contribution in [0.5, 0.6) is 0 Å². The summed E-state index contributed by atoms with van der Waals surface area (Å²) in [6.07, 6.45) is 5.31. The highest BCUT2D eigenvalue weighted by atomic mass is 32.2. The Kier molecular flexibility index (Phi) is 2.66. The lowest BCUT2D eigenvalue weighted by atomic mass is 9.96. The topological polar surface area (TPSA) is 55.2 Å². The predicted octanol–water partition coefficient (Wildman–Crippen LogP) is 2.68. The molecule has 5 nitrogen and oxygen atoms in total. The van der Waals surface area contributed by atoms with Gasteiger partial charge in [0, 0.05) is 6.04 Å². The number of carbonyl (C=O) groups is 1. The molecule has 2 aliphatic rings. The van der Waals surface area contributed by atoms with E-state index in [0.29, 0.717) is 5.16 Å². The van der Waals surface area contributed by atoms with E-state index in [1.54, 1.807) is 0 Å². The summed E-state index contributed by atoms with van der Waals surface area (Å²) in [6.45, 7) is 0. The minimum absolute atomic E-state index is 0.0949. The molecule has 20 heavy (non-hydrogen) atoms. The van der Waals surface area contributed by atoms with Gasteiger partial charge in [-0.15, -0.1) is 0 Å². The number of nitrogens with zero attached hydrogens (tertiary/aromatic N) is 3. The van der Waals surface area contributed by atoms with Crippen LogP contribution in [0.2, 0.25) is 0 Å². The third-order valence-corrected chi connectivity index (χ3v) is 5.55. The molecule has 1 aliphatic heterocycles. The van der Waals surface area contributed by atoms with E-state index >= 15 is 0 Å². The van der Waals surface area contributed by atoms with Gasteiger partial charge in [0.1, 0.15) is 0 Å². The van der Waals surface area contributed by atoms with E-state index in [1.807, 2.05) is 24.3 Å². The van der Waals surface area contributed by atoms with E-state index in [1.165, 1.54) is 15.3 Å². The fourth-order valence-electron chi connectivity index (χ4n) is 3.17. The van der Waals surface area contributed by atoms with Crippen molar-refractivity contribution in [2.45, 2.75) is 43.3 Å². The predicted molar refractivity (Wildman–Crippen MR) is 75.6 cm³/mol. The van der Waals surface area contributed by atoms with Crippen molar-refractivity contribution in [3.05, 3.63) is 24.3 Å². The average Bonchev–Trinajstić information content (AvgIpc) is 2.97. The Bertz CT molecular complexity index is 718. The molecule has 0 spiro atoms. The van der Waals surface area contributed by atoms with Crippen molar-refractivity contribution >= 4 is 28.1 Å². The lowest BCUT2D eigenvalue weighted by molar-refractivity contribution is 0.209. The molecule has 1 unspecified atom stereocenters. The summed E-state index contributed by atoms with van der Waals surface area (Å²) >= 11 is 0. The monoisotopic (exact) mass is 289 g/mol. The van der Waals surface area contributed by atoms with Crippen molar-refractivity contribution in [2.24, 2.45) is 0 Å². The van der Waals surface area contributed by atoms with Gasteiger partial charge in [0.25, 0.3) is 0 Å². The lowest BCUT2D eigenvalue weighted by Gasteiger charge is -2.28. The maximum Gasteiger partial charge on any atom is 0.343 e. The fourth-order valence-corrected chi connectivity index (χ4v) is 4.56. The molecule has 4 rings (SSSR count). The Morgan fingerprint density at radius 1 is 1.15 bits per heavy atom. The summed E-state index contributed by atoms with van der Waals surface area (Å²) in [5.41, 5.74) is 1.48. The van der Waals surface area contributed by atoms with Crippen LogP contribution in [0, 0.1) is 0 Å². The van der Waals surface area contributed by atoms with Gasteiger partial charge in [0.2, 0.25) is 5.16 Å². The van der Waals surface area contributed by atoms with Crippen molar-refractivity contribution in [1.29, 1.82) is 0 Å². The SMILES string of the molecule is O=C1N(C2CCCCC2)S(=O)c2nc3ccccc3n21. The highest BCUT2D eigenvalue weighted by Crippen LogP contribution is 2.32. The number of fused-ring (bicyclic) bond motifs is 3. The largest absolute Gasteiger partial charge is 0.343 e. The van der Waals surface area contributed by atoms with Crippen LogP contribution in [0.4, 0.5) is 4.79 Å². The van der Waals surface area contributed by atoms with Gasteiger partial charge >= 0.3 is 6.03 Å². The average molecular weight is 289 g/mol. The summed E-state index contributed by atoms with van der Waals surface area (Å²) in [5.74, 6) is 0. The van der Waals surface area contributed by atoms with E-state index < -0.39 is 11.0 Å². The van der Waals surface area contributed by atoms with Gasteiger partial charge in [-0.25, -0.2) is 22.9 Å². The van der Waals surface area contributed by atoms with Gasteiger partial charge in [0.15, 0.2) is 11.0 Å². The first kappa shape index (κ1) is 12.1. The van der Waals surface area contributed by atoms with Gasteiger partial charge in [-0.2, -0.15) is 0 Å². The van der Waals surface area contributed by atoms with Crippen LogP contribution in [0.25, 0.3) is 11.0 Å². The van der Waals surface area contributed by atoms with Crippen molar-refractivity contribution in [1.82, 2.24) is 13.9 Å². The van der Waals surface area contributed by atoms with E-state index in [2.05, 4.69) is 4.98 Å². The molecule has 104 valence electrons. The summed E-state index contributed by atoms with van der Waals surface area (Å²) in [6, 6.07) is 7.35. The Labute approximate surface area is 119 Å². The van der Waals surface area contributed by atoms with Crippen LogP contribution in [-0.4, -0.2) is 30.1 Å². The quantitative estimate of drug-likeness (QED) is 0.811. The second-order valence-electron chi connectivity index (χ2n) is 5.37. The number of hydrogen-bond acceptors (Lipinski definition) is 3. The zero-order chi connectivity index (χ0) is 13.7. The Balaban J connectivity index is 1.80. The number of aromatic nitrogens is 2. The van der Waals surface area contributed by atoms with Gasteiger partial charge in [0.05, 0.1) is 11.0 Å². The molecule has 0 saturated heterocycles. The van der Waals surface area contributed by atoms with Crippen LogP contribution in [0.15, 0.2) is 29.4 Å². The smallest absolute Gasteiger partial charge is 0.246 e. The molecule has 1 aliphatic carbocycles. The minimum Gasteiger partial charge on any atom is -0.246 e. The van der Waals surface area contributed by atoms with E-state index in [-0.39, 0.29) is 12.1 Å². The highest BCUT2D eigenvalue weighted by molar-refractivity contribution is 7.83. The van der Waals surface area contributed by atoms with Crippen molar-refractivity contribution < 1.29 is 9.00 Å². The molecule has 2 heterocycles. The molecule has 0 N–H and O–H groups in total. The van der Waals surface area contributed by atoms with Gasteiger partial charge in [-0.05, 0) is 25.0 Å². The Morgan fingerprint density at radius 2 is 1.90 bits per heavy atom. The molecule has 1 saturated carbocycles. The number of rotatable bonds is 1. The van der Waals surface area contributed by atoms with Crippen molar-refractivity contribution in [3.8, 4) is 0 Å². The molecule has 0 bridgehead atoms. The third-order valence-electron chi connectivity index (χ3n) is 4.15. The minimum atomic E-state index is -1.46. The van der Waals surface area contributed by atoms with E-state index in [4.69, 9.17) is 0 Å². The standard InChI is InChI=1S/C14H15N3O2S/c18-14-16-12-9-5-4-8-11(12)15-13(16)20(19)17(14)10-6-2-1-3-7-10/h4-5,8-10H,1-3,6-7H2. The number of imidazole rings is 1. The van der Waals surface area contributed by atoms with Crippen LogP contribution in [0.1, 0.15) is 32.1 Å². The van der Waals surface area contributed by atoms with E-state index in [0.717, 1.165) is 36.7 Å². The molecule has 1 amide bonds. The zero-order valence-corrected chi connectivity index (χ0v) is 11.8. The number of hydrogen-bond donors (Lipinski definition) is 0. The maximum atomic E-state index is 12.6. The fraction of sp³-hybridized carbons (Fsp3) is 0.429. The second-order valence-corrected chi connectivity index (χ2v) is 6.62. The first-order chi connectivity index (χ1) is 9.77. The first-order valence-electron chi connectivity index (χ1n) is 7.00. The van der Waals surface area contributed by atoms with Crippen LogP contribution in [-0.2, 0) is 11.0 Å². The number of carbonyl (C=O) groups excluding carboxylic acids is 1. The van der Waals surface area contributed by atoms with Gasteiger partial charge in [-0.3, -0.25) is 0 Å². The summed E-state index contributed by atoms with van der Waals surface area (Å²) in [5, 5.41) is 0.377. The van der Waals surface area contributed by atoms with Crippen LogP contribution in [0.3, 0.4) is 0 Å². The maximum absolute atomic E-state index is 12.6. The van der Waals surface area contributed by atoms with Crippen LogP contribution < -0.4 is 0 Å². The number of benzene rings is 1. The summed E-state index contributed by atoms with van der Waals surface area (Å²) < 4.78 is 15.7. The van der Waals surface area contributed by atoms with Gasteiger partial charge < -0.3 is 0 Å². The van der Waals surface area contributed by atoms with Crippen molar-refractivity contribution in [3.63, 3.8) is 0 Å². The number of amides is 1. The molecular formula is C14H15N3O2S. The third kappa shape index (κ3) is 1.57. The normalized spacial score (nSPS) is 23.5. The van der Waals surface area contributed by atoms with E-state index in [9.17, 15) is 9.00 Å². The molecule has 0 radical (unpaired) electrons. The highest BCUT2D eigenvalue weighted by Gasteiger charge is 2.41. The Morgan fingerprint density at radius 3 is 2.70 bits per heavy atom. The summed E-state index contributed by atoms with van der Waals surface area (Å²) in [7, 11) is -1.46.